The van der Waals surface area contributed by atoms with Gasteiger partial charge in [-0.3, -0.25) is 18.6 Å². The Bertz CT molecular complexity index is 1030. The van der Waals surface area contributed by atoms with Gasteiger partial charge in [-0.15, -0.1) is 0 Å². The number of phosphoric acid groups is 1. The Morgan fingerprint density at radius 1 is 0.466 bits per heavy atom. The molecule has 58 heavy (non-hydrogen) atoms. The van der Waals surface area contributed by atoms with Crippen LogP contribution < -0.4 is 0 Å². The second-order valence-corrected chi connectivity index (χ2v) is 18.0. The van der Waals surface area contributed by atoms with E-state index in [-0.39, 0.29) is 12.8 Å². The van der Waals surface area contributed by atoms with Crippen molar-refractivity contribution in [1.82, 2.24) is 0 Å². The Balaban J connectivity index is 2.35. The number of rotatable bonds is 39. The van der Waals surface area contributed by atoms with E-state index < -0.39 is 75.7 Å². The molecule has 1 aliphatic carbocycles. The minimum Gasteiger partial charge on any atom is -0.462 e. The first-order chi connectivity index (χ1) is 27.9. The van der Waals surface area contributed by atoms with Crippen LogP contribution in [-0.2, 0) is 32.7 Å². The van der Waals surface area contributed by atoms with Crippen molar-refractivity contribution in [1.29, 1.82) is 0 Å². The molecule has 0 spiro atoms. The fraction of sp³-hybridized carbons (Fsp3) is 0.955. The van der Waals surface area contributed by atoms with Gasteiger partial charge >= 0.3 is 19.8 Å². The molecule has 0 aromatic heterocycles. The number of hydrogen-bond donors (Lipinski definition) is 6. The number of phosphoric ester groups is 1. The van der Waals surface area contributed by atoms with E-state index in [4.69, 9.17) is 18.5 Å². The highest BCUT2D eigenvalue weighted by atomic mass is 31.2. The highest BCUT2D eigenvalue weighted by molar-refractivity contribution is 7.47. The molecule has 14 heteroatoms. The molecule has 1 rings (SSSR count). The van der Waals surface area contributed by atoms with Gasteiger partial charge in [0.1, 0.15) is 43.2 Å². The number of aliphatic hydroxyl groups is 5. The van der Waals surface area contributed by atoms with E-state index in [0.29, 0.717) is 12.8 Å². The minimum atomic E-state index is -5.10. The summed E-state index contributed by atoms with van der Waals surface area (Å²) in [4.78, 5) is 35.5. The van der Waals surface area contributed by atoms with Gasteiger partial charge in [-0.25, -0.2) is 4.57 Å². The molecule has 0 aromatic carbocycles. The van der Waals surface area contributed by atoms with Crippen molar-refractivity contribution in [2.45, 2.75) is 256 Å². The highest BCUT2D eigenvalue weighted by Crippen LogP contribution is 2.47. The summed E-state index contributed by atoms with van der Waals surface area (Å²) in [6.07, 6.45) is 21.9. The Kier molecular flexibility index (Phi) is 33.5. The number of carbonyl (C=O) groups excluding carboxylic acids is 2. The average Bonchev–Trinajstić information content (AvgIpc) is 3.20. The second-order valence-electron chi connectivity index (χ2n) is 16.6. The van der Waals surface area contributed by atoms with Crippen molar-refractivity contribution < 1.29 is 63.1 Å². The van der Waals surface area contributed by atoms with Crippen LogP contribution in [-0.4, -0.2) is 98.3 Å². The summed E-state index contributed by atoms with van der Waals surface area (Å²) in [6.45, 7) is 3.28. The molecule has 6 N–H and O–H groups in total. The molecular formula is C44H85O13P. The Labute approximate surface area is 351 Å². The smallest absolute Gasteiger partial charge is 0.462 e. The van der Waals surface area contributed by atoms with Gasteiger partial charge in [0, 0.05) is 12.8 Å². The van der Waals surface area contributed by atoms with Gasteiger partial charge in [-0.2, -0.15) is 0 Å². The molecule has 0 aliphatic heterocycles. The zero-order valence-electron chi connectivity index (χ0n) is 36.4. The highest BCUT2D eigenvalue weighted by Gasteiger charge is 2.51. The Morgan fingerprint density at radius 2 is 0.776 bits per heavy atom. The van der Waals surface area contributed by atoms with E-state index in [1.54, 1.807) is 0 Å². The molecule has 6 unspecified atom stereocenters. The monoisotopic (exact) mass is 853 g/mol. The number of esters is 2. The average molecular weight is 853 g/mol. The number of unbranched alkanes of at least 4 members (excludes halogenated alkanes) is 27. The number of carbonyl (C=O) groups is 2. The zero-order valence-corrected chi connectivity index (χ0v) is 37.3. The third kappa shape index (κ3) is 27.6. The molecule has 344 valence electrons. The maximum Gasteiger partial charge on any atom is 0.472 e. The second kappa shape index (κ2) is 35.4. The van der Waals surface area contributed by atoms with E-state index in [0.717, 1.165) is 38.5 Å². The quantitative estimate of drug-likeness (QED) is 0.0194. The first-order valence-electron chi connectivity index (χ1n) is 23.3. The Morgan fingerprint density at radius 3 is 1.14 bits per heavy atom. The molecule has 0 saturated heterocycles. The van der Waals surface area contributed by atoms with Crippen LogP contribution in [0.2, 0.25) is 0 Å². The standard InChI is InChI=1S/C44H85O13P/c1-3-5-7-9-11-13-14-15-16-17-18-19-20-21-22-23-24-25-27-29-31-33-38(46)56-36(34-54-37(45)32-30-28-26-12-10-8-6-4-2)35-55-58(52,53)57-44-42(50)40(48)39(47)41(49)43(44)51/h36,39-44,47-51H,3-35H2,1-2H3,(H,52,53)/t36-,39?,40+,41?,42?,43?,44?/m1/s1. The van der Waals surface area contributed by atoms with Crippen molar-refractivity contribution in [2.24, 2.45) is 0 Å². The topological polar surface area (TPSA) is 210 Å². The van der Waals surface area contributed by atoms with Crippen LogP contribution in [0.5, 0.6) is 0 Å². The van der Waals surface area contributed by atoms with Gasteiger partial charge in [0.15, 0.2) is 6.10 Å². The molecule has 13 nitrogen and oxygen atoms in total. The van der Waals surface area contributed by atoms with Gasteiger partial charge in [0.2, 0.25) is 0 Å². The fourth-order valence-corrected chi connectivity index (χ4v) is 8.38. The summed E-state index contributed by atoms with van der Waals surface area (Å²) in [5.74, 6) is -1.09. The SMILES string of the molecule is CCCCCCCCCCCCCCCCCCCCCCCC(=O)O[C@H](COC(=O)CCCCCCCCCC)COP(=O)(O)OC1C(O)C(O)C(O)[C@H](O)C1O. The maximum absolute atomic E-state index is 12.8. The van der Waals surface area contributed by atoms with Gasteiger partial charge in [0.25, 0.3) is 0 Å². The predicted octanol–water partition coefficient (Wildman–Crippen LogP) is 8.89. The van der Waals surface area contributed by atoms with Crippen molar-refractivity contribution in [2.75, 3.05) is 13.2 Å². The van der Waals surface area contributed by atoms with Crippen LogP contribution in [0.4, 0.5) is 0 Å². The van der Waals surface area contributed by atoms with Crippen LogP contribution in [0.3, 0.4) is 0 Å². The van der Waals surface area contributed by atoms with Crippen molar-refractivity contribution in [3.05, 3.63) is 0 Å². The summed E-state index contributed by atoms with van der Waals surface area (Å²) in [7, 11) is -5.10. The lowest BCUT2D eigenvalue weighted by Crippen LogP contribution is -2.64. The summed E-state index contributed by atoms with van der Waals surface area (Å²) >= 11 is 0. The number of ether oxygens (including phenoxy) is 2. The lowest BCUT2D eigenvalue weighted by Gasteiger charge is -2.41. The first-order valence-corrected chi connectivity index (χ1v) is 24.8. The molecule has 0 amide bonds. The summed E-state index contributed by atoms with van der Waals surface area (Å²) in [6, 6.07) is 0. The molecule has 0 bridgehead atoms. The van der Waals surface area contributed by atoms with E-state index >= 15 is 0 Å². The third-order valence-electron chi connectivity index (χ3n) is 11.2. The molecule has 8 atom stereocenters. The van der Waals surface area contributed by atoms with Crippen molar-refractivity contribution >= 4 is 19.8 Å². The van der Waals surface area contributed by atoms with Crippen LogP contribution in [0.25, 0.3) is 0 Å². The first kappa shape index (κ1) is 54.9. The van der Waals surface area contributed by atoms with E-state index in [1.807, 2.05) is 0 Å². The lowest BCUT2D eigenvalue weighted by atomic mass is 9.85. The van der Waals surface area contributed by atoms with Crippen LogP contribution in [0, 0.1) is 0 Å². The molecule has 1 fully saturated rings. The number of aliphatic hydroxyl groups excluding tert-OH is 5. The summed E-state index contributed by atoms with van der Waals surface area (Å²) in [5.41, 5.74) is 0. The molecular weight excluding hydrogens is 767 g/mol. The van der Waals surface area contributed by atoms with Gasteiger partial charge in [-0.05, 0) is 12.8 Å². The third-order valence-corrected chi connectivity index (χ3v) is 12.2. The van der Waals surface area contributed by atoms with E-state index in [9.17, 15) is 44.6 Å². The summed E-state index contributed by atoms with van der Waals surface area (Å²) < 4.78 is 33.4. The van der Waals surface area contributed by atoms with E-state index in [2.05, 4.69) is 13.8 Å². The fourth-order valence-electron chi connectivity index (χ4n) is 7.41. The minimum absolute atomic E-state index is 0.105. The molecule has 0 heterocycles. The molecule has 0 radical (unpaired) electrons. The molecule has 1 saturated carbocycles. The van der Waals surface area contributed by atoms with Gasteiger partial charge in [0.05, 0.1) is 6.61 Å². The maximum atomic E-state index is 12.8. The van der Waals surface area contributed by atoms with Crippen LogP contribution in [0.1, 0.15) is 213 Å². The summed E-state index contributed by atoms with van der Waals surface area (Å²) in [5, 5.41) is 50.0. The van der Waals surface area contributed by atoms with Gasteiger partial charge in [-0.1, -0.05) is 187 Å². The Hall–Kier alpha value is -1.15. The van der Waals surface area contributed by atoms with Gasteiger partial charge < -0.3 is 39.9 Å². The zero-order chi connectivity index (χ0) is 42.9. The largest absolute Gasteiger partial charge is 0.472 e. The predicted molar refractivity (Wildman–Crippen MR) is 226 cm³/mol. The number of hydrogen-bond acceptors (Lipinski definition) is 12. The lowest BCUT2D eigenvalue weighted by molar-refractivity contribution is -0.220. The van der Waals surface area contributed by atoms with Crippen molar-refractivity contribution in [3.8, 4) is 0 Å². The molecule has 1 aliphatic rings. The van der Waals surface area contributed by atoms with E-state index in [1.165, 1.54) is 135 Å². The molecule has 0 aromatic rings. The van der Waals surface area contributed by atoms with Crippen LogP contribution >= 0.6 is 7.82 Å². The van der Waals surface area contributed by atoms with Crippen molar-refractivity contribution in [3.63, 3.8) is 0 Å². The normalized spacial score (nSPS) is 22.4. The van der Waals surface area contributed by atoms with Crippen LogP contribution in [0.15, 0.2) is 0 Å².